The Labute approximate surface area is 168 Å². The normalized spacial score (nSPS) is 13.2. The molecule has 2 rings (SSSR count). The average molecular weight is 428 g/mol. The van der Waals surface area contributed by atoms with E-state index in [4.69, 9.17) is 0 Å². The van der Waals surface area contributed by atoms with Crippen molar-refractivity contribution in [2.45, 2.75) is 37.9 Å². The topological polar surface area (TPSA) is 66.5 Å². The van der Waals surface area contributed by atoms with E-state index in [0.29, 0.717) is 4.31 Å². The van der Waals surface area contributed by atoms with Crippen LogP contribution in [-0.2, 0) is 21.0 Å². The number of anilines is 1. The van der Waals surface area contributed by atoms with Crippen LogP contribution in [-0.4, -0.2) is 26.9 Å². The van der Waals surface area contributed by atoms with Crippen LogP contribution < -0.4 is 9.62 Å². The predicted molar refractivity (Wildman–Crippen MR) is 105 cm³/mol. The van der Waals surface area contributed by atoms with Gasteiger partial charge >= 0.3 is 6.18 Å². The molecule has 5 nitrogen and oxygen atoms in total. The largest absolute Gasteiger partial charge is 0.416 e. The lowest BCUT2D eigenvalue weighted by atomic mass is 10.1. The van der Waals surface area contributed by atoms with Crippen LogP contribution in [0.3, 0.4) is 0 Å². The van der Waals surface area contributed by atoms with Crippen molar-refractivity contribution >= 4 is 21.6 Å². The summed E-state index contributed by atoms with van der Waals surface area (Å²) < 4.78 is 66.3. The van der Waals surface area contributed by atoms with Gasteiger partial charge in [-0.1, -0.05) is 38.1 Å². The number of amides is 1. The fourth-order valence-corrected chi connectivity index (χ4v) is 3.90. The number of halogens is 3. The van der Waals surface area contributed by atoms with Crippen LogP contribution in [0, 0.1) is 5.92 Å². The fourth-order valence-electron chi connectivity index (χ4n) is 2.47. The highest BCUT2D eigenvalue weighted by atomic mass is 32.2. The maximum atomic E-state index is 13.1. The number of nitrogens with one attached hydrogen (secondary N) is 1. The predicted octanol–water partition coefficient (Wildman–Crippen LogP) is 4.06. The van der Waals surface area contributed by atoms with Crippen LogP contribution in [0.5, 0.6) is 0 Å². The Hall–Kier alpha value is -2.55. The van der Waals surface area contributed by atoms with E-state index in [1.807, 2.05) is 13.8 Å². The summed E-state index contributed by atoms with van der Waals surface area (Å²) in [6.45, 7) is 4.89. The third-order valence-electron chi connectivity index (χ3n) is 4.47. The van der Waals surface area contributed by atoms with Gasteiger partial charge in [0.2, 0.25) is 5.91 Å². The van der Waals surface area contributed by atoms with Crippen molar-refractivity contribution in [1.29, 1.82) is 0 Å². The second-order valence-corrected chi connectivity index (χ2v) is 8.84. The van der Waals surface area contributed by atoms with Crippen molar-refractivity contribution in [1.82, 2.24) is 5.32 Å². The van der Waals surface area contributed by atoms with Gasteiger partial charge in [-0.2, -0.15) is 13.2 Å². The summed E-state index contributed by atoms with van der Waals surface area (Å²) in [6, 6.07) is 10.9. The van der Waals surface area contributed by atoms with Gasteiger partial charge in [-0.05, 0) is 43.2 Å². The summed E-state index contributed by atoms with van der Waals surface area (Å²) in [4.78, 5) is 12.3. The highest BCUT2D eigenvalue weighted by Gasteiger charge is 2.33. The Bertz CT molecular complexity index is 945. The molecule has 1 N–H and O–H groups in total. The molecule has 158 valence electrons. The van der Waals surface area contributed by atoms with Crippen molar-refractivity contribution in [2.75, 3.05) is 10.8 Å². The minimum Gasteiger partial charge on any atom is -0.352 e. The van der Waals surface area contributed by atoms with Gasteiger partial charge in [-0.25, -0.2) is 8.42 Å². The summed E-state index contributed by atoms with van der Waals surface area (Å²) in [5.41, 5.74) is -1.24. The second-order valence-electron chi connectivity index (χ2n) is 6.97. The van der Waals surface area contributed by atoms with E-state index in [0.717, 1.165) is 18.2 Å². The number of hydrogen-bond donors (Lipinski definition) is 1. The first-order chi connectivity index (χ1) is 13.4. The zero-order chi connectivity index (χ0) is 21.8. The molecule has 0 bridgehead atoms. The maximum absolute atomic E-state index is 13.1. The van der Waals surface area contributed by atoms with Crippen molar-refractivity contribution < 1.29 is 26.4 Å². The molecule has 2 aromatic carbocycles. The zero-order valence-corrected chi connectivity index (χ0v) is 17.1. The third kappa shape index (κ3) is 5.72. The van der Waals surface area contributed by atoms with Gasteiger partial charge in [0.15, 0.2) is 0 Å². The zero-order valence-electron chi connectivity index (χ0n) is 16.3. The molecule has 0 saturated carbocycles. The molecule has 2 aromatic rings. The first kappa shape index (κ1) is 22.7. The third-order valence-corrected chi connectivity index (χ3v) is 6.26. The number of nitrogens with zero attached hydrogens (tertiary/aromatic N) is 1. The first-order valence-electron chi connectivity index (χ1n) is 8.97. The van der Waals surface area contributed by atoms with Crippen LogP contribution in [0.15, 0.2) is 59.5 Å². The van der Waals surface area contributed by atoms with Gasteiger partial charge in [0.25, 0.3) is 10.0 Å². The first-order valence-corrected chi connectivity index (χ1v) is 10.4. The molecule has 29 heavy (non-hydrogen) atoms. The molecule has 0 aliphatic carbocycles. The SMILES string of the molecule is CC(C)[C@H](C)NC(=O)CN(c1cccc(C(F)(F)F)c1)S(=O)(=O)c1ccccc1. The van der Waals surface area contributed by atoms with Crippen molar-refractivity contribution in [3.8, 4) is 0 Å². The van der Waals surface area contributed by atoms with Gasteiger partial charge in [0.1, 0.15) is 6.54 Å². The van der Waals surface area contributed by atoms with E-state index in [1.165, 1.54) is 30.3 Å². The number of alkyl halides is 3. The van der Waals surface area contributed by atoms with Gasteiger partial charge in [0, 0.05) is 6.04 Å². The Morgan fingerprint density at radius 1 is 1.03 bits per heavy atom. The summed E-state index contributed by atoms with van der Waals surface area (Å²) in [5.74, 6) is -0.505. The van der Waals surface area contributed by atoms with E-state index in [2.05, 4.69) is 5.32 Å². The molecular formula is C20H23F3N2O3S. The van der Waals surface area contributed by atoms with Crippen LogP contribution in [0.25, 0.3) is 0 Å². The Morgan fingerprint density at radius 3 is 2.21 bits per heavy atom. The molecule has 0 aliphatic rings. The smallest absolute Gasteiger partial charge is 0.352 e. The van der Waals surface area contributed by atoms with Gasteiger partial charge in [0.05, 0.1) is 16.1 Å². The highest BCUT2D eigenvalue weighted by Crippen LogP contribution is 2.33. The van der Waals surface area contributed by atoms with Crippen molar-refractivity contribution in [2.24, 2.45) is 5.92 Å². The van der Waals surface area contributed by atoms with E-state index < -0.39 is 34.2 Å². The molecule has 0 unspecified atom stereocenters. The molecule has 0 spiro atoms. The average Bonchev–Trinajstić information content (AvgIpc) is 2.66. The second kappa shape index (κ2) is 8.86. The molecule has 1 amide bonds. The van der Waals surface area contributed by atoms with E-state index in [-0.39, 0.29) is 22.5 Å². The van der Waals surface area contributed by atoms with Crippen LogP contribution in [0.1, 0.15) is 26.3 Å². The van der Waals surface area contributed by atoms with E-state index >= 15 is 0 Å². The molecule has 0 aromatic heterocycles. The molecule has 0 saturated heterocycles. The minimum atomic E-state index is -4.65. The maximum Gasteiger partial charge on any atom is 0.416 e. The Kier molecular flexibility index (Phi) is 6.94. The van der Waals surface area contributed by atoms with E-state index in [1.54, 1.807) is 13.0 Å². The molecule has 0 heterocycles. The number of carbonyl (C=O) groups is 1. The lowest BCUT2D eigenvalue weighted by Crippen LogP contribution is -2.45. The number of benzene rings is 2. The number of carbonyl (C=O) groups excluding carboxylic acids is 1. The van der Waals surface area contributed by atoms with Gasteiger partial charge in [-0.3, -0.25) is 9.10 Å². The summed E-state index contributed by atoms with van der Waals surface area (Å²) in [5, 5.41) is 2.68. The molecule has 1 atom stereocenters. The lowest BCUT2D eigenvalue weighted by Gasteiger charge is -2.26. The number of sulfonamides is 1. The molecule has 0 radical (unpaired) electrons. The quantitative estimate of drug-likeness (QED) is 0.723. The van der Waals surface area contributed by atoms with Crippen molar-refractivity contribution in [3.05, 3.63) is 60.2 Å². The highest BCUT2D eigenvalue weighted by molar-refractivity contribution is 7.92. The lowest BCUT2D eigenvalue weighted by molar-refractivity contribution is -0.137. The number of rotatable bonds is 7. The van der Waals surface area contributed by atoms with Crippen molar-refractivity contribution in [3.63, 3.8) is 0 Å². The summed E-state index contributed by atoms with van der Waals surface area (Å²) >= 11 is 0. The Morgan fingerprint density at radius 2 is 1.66 bits per heavy atom. The minimum absolute atomic E-state index is 0.103. The molecule has 9 heteroatoms. The summed E-state index contributed by atoms with van der Waals surface area (Å²) in [7, 11) is -4.26. The van der Waals surface area contributed by atoms with Crippen LogP contribution in [0.4, 0.5) is 18.9 Å². The molecule has 0 aliphatic heterocycles. The van der Waals surface area contributed by atoms with Gasteiger partial charge < -0.3 is 5.32 Å². The fraction of sp³-hybridized carbons (Fsp3) is 0.350. The van der Waals surface area contributed by atoms with E-state index in [9.17, 15) is 26.4 Å². The van der Waals surface area contributed by atoms with Crippen LogP contribution in [0.2, 0.25) is 0 Å². The summed E-state index contributed by atoms with van der Waals surface area (Å²) in [6.07, 6.45) is -4.65. The molecule has 0 fully saturated rings. The monoisotopic (exact) mass is 428 g/mol. The van der Waals surface area contributed by atoms with Crippen LogP contribution >= 0.6 is 0 Å². The molecular weight excluding hydrogens is 405 g/mol. The standard InChI is InChI=1S/C20H23F3N2O3S/c1-14(2)15(3)24-19(26)13-25(29(27,28)18-10-5-4-6-11-18)17-9-7-8-16(12-17)20(21,22)23/h4-12,14-15H,13H2,1-3H3,(H,24,26)/t15-/m0/s1. The Balaban J connectivity index is 2.48. The van der Waals surface area contributed by atoms with Gasteiger partial charge in [-0.15, -0.1) is 0 Å². The number of hydrogen-bond acceptors (Lipinski definition) is 3.